The lowest BCUT2D eigenvalue weighted by Gasteiger charge is -2.24. The highest BCUT2D eigenvalue weighted by molar-refractivity contribution is 5.78. The Morgan fingerprint density at radius 2 is 2.17 bits per heavy atom. The Hall–Kier alpha value is -1.47. The van der Waals surface area contributed by atoms with Gasteiger partial charge in [-0.2, -0.15) is 4.98 Å². The molecule has 3 atom stereocenters. The quantitative estimate of drug-likeness (QED) is 0.754. The van der Waals surface area contributed by atoms with Crippen LogP contribution in [0.3, 0.4) is 0 Å². The molecule has 23 heavy (non-hydrogen) atoms. The Kier molecular flexibility index (Phi) is 3.85. The molecule has 0 bridgehead atoms. The van der Waals surface area contributed by atoms with Gasteiger partial charge < -0.3 is 9.26 Å². The van der Waals surface area contributed by atoms with Crippen LogP contribution in [0.2, 0.25) is 0 Å². The van der Waals surface area contributed by atoms with Gasteiger partial charge in [-0.1, -0.05) is 5.16 Å². The topological polar surface area (TPSA) is 71.7 Å². The number of nitrogens with zero attached hydrogens (tertiary/aromatic N) is 4. The lowest BCUT2D eigenvalue weighted by Crippen LogP contribution is -2.40. The second kappa shape index (κ2) is 5.87. The van der Waals surface area contributed by atoms with Crippen LogP contribution in [-0.4, -0.2) is 64.2 Å². The molecule has 1 saturated carbocycles. The Morgan fingerprint density at radius 1 is 1.35 bits per heavy atom. The van der Waals surface area contributed by atoms with E-state index in [4.69, 9.17) is 9.26 Å². The van der Waals surface area contributed by atoms with E-state index in [2.05, 4.69) is 27.0 Å². The molecule has 2 aliphatic heterocycles. The molecule has 4 rings (SSSR count). The standard InChI is InChI=1S/C16H24N4O3/c1-10-7-13(16(21)22-10)20-6-5-12(8-20)19(2)9-14-17-15(23-18-14)11-3-4-11/h10-13H,3-9H2,1-2H3/t10-,12+,13+/m1/s1. The average Bonchev–Trinajstić information content (AvgIpc) is 2.94. The van der Waals surface area contributed by atoms with Crippen LogP contribution < -0.4 is 0 Å². The molecule has 0 radical (unpaired) electrons. The van der Waals surface area contributed by atoms with Gasteiger partial charge in [-0.25, -0.2) is 0 Å². The van der Waals surface area contributed by atoms with Crippen molar-refractivity contribution in [3.63, 3.8) is 0 Å². The number of aromatic nitrogens is 2. The monoisotopic (exact) mass is 320 g/mol. The smallest absolute Gasteiger partial charge is 0.323 e. The molecule has 1 aromatic rings. The molecule has 1 aliphatic carbocycles. The van der Waals surface area contributed by atoms with Gasteiger partial charge in [-0.05, 0) is 33.2 Å². The van der Waals surface area contributed by atoms with Crippen molar-refractivity contribution in [2.24, 2.45) is 0 Å². The van der Waals surface area contributed by atoms with Crippen LogP contribution in [0.5, 0.6) is 0 Å². The van der Waals surface area contributed by atoms with E-state index in [9.17, 15) is 4.79 Å². The molecule has 2 saturated heterocycles. The molecule has 0 N–H and O–H groups in total. The van der Waals surface area contributed by atoms with Crippen LogP contribution in [0.1, 0.15) is 50.2 Å². The summed E-state index contributed by atoms with van der Waals surface area (Å²) in [5.41, 5.74) is 0. The molecule has 3 fully saturated rings. The van der Waals surface area contributed by atoms with Crippen LogP contribution in [0, 0.1) is 0 Å². The van der Waals surface area contributed by atoms with E-state index in [1.165, 1.54) is 12.8 Å². The first-order chi connectivity index (χ1) is 11.1. The summed E-state index contributed by atoms with van der Waals surface area (Å²) in [7, 11) is 2.09. The number of likely N-dealkylation sites (tertiary alicyclic amines) is 1. The predicted octanol–water partition coefficient (Wildman–Crippen LogP) is 1.16. The summed E-state index contributed by atoms with van der Waals surface area (Å²) >= 11 is 0. The second-order valence-electron chi connectivity index (χ2n) is 7.17. The molecule has 7 heteroatoms. The number of rotatable bonds is 5. The normalized spacial score (nSPS) is 32.0. The summed E-state index contributed by atoms with van der Waals surface area (Å²) in [6.07, 6.45) is 4.26. The molecule has 126 valence electrons. The number of ether oxygens (including phenoxy) is 1. The zero-order valence-corrected chi connectivity index (χ0v) is 13.8. The van der Waals surface area contributed by atoms with Crippen LogP contribution >= 0.6 is 0 Å². The zero-order chi connectivity index (χ0) is 16.0. The molecule has 3 heterocycles. The van der Waals surface area contributed by atoms with Gasteiger partial charge in [-0.3, -0.25) is 14.6 Å². The van der Waals surface area contributed by atoms with E-state index < -0.39 is 0 Å². The lowest BCUT2D eigenvalue weighted by molar-refractivity contribution is -0.144. The van der Waals surface area contributed by atoms with Gasteiger partial charge in [0.1, 0.15) is 12.1 Å². The fourth-order valence-electron chi connectivity index (χ4n) is 3.62. The fraction of sp³-hybridized carbons (Fsp3) is 0.812. The Balaban J connectivity index is 1.32. The number of carbonyl (C=O) groups is 1. The molecule has 7 nitrogen and oxygen atoms in total. The number of cyclic esters (lactones) is 1. The Morgan fingerprint density at radius 3 is 2.87 bits per heavy atom. The maximum Gasteiger partial charge on any atom is 0.323 e. The first kappa shape index (κ1) is 15.1. The average molecular weight is 320 g/mol. The van der Waals surface area contributed by atoms with Crippen LogP contribution in [0.15, 0.2) is 4.52 Å². The minimum absolute atomic E-state index is 0.0458. The van der Waals surface area contributed by atoms with Gasteiger partial charge in [0.2, 0.25) is 5.89 Å². The van der Waals surface area contributed by atoms with Crippen molar-refractivity contribution < 1.29 is 14.1 Å². The summed E-state index contributed by atoms with van der Waals surface area (Å²) in [6.45, 7) is 4.50. The molecular formula is C16H24N4O3. The number of carbonyl (C=O) groups excluding carboxylic acids is 1. The van der Waals surface area contributed by atoms with Gasteiger partial charge in [0.05, 0.1) is 6.54 Å². The third-order valence-corrected chi connectivity index (χ3v) is 5.20. The summed E-state index contributed by atoms with van der Waals surface area (Å²) in [6, 6.07) is 0.358. The molecule has 0 aromatic carbocycles. The number of esters is 1. The van der Waals surface area contributed by atoms with Crippen molar-refractivity contribution in [3.8, 4) is 0 Å². The van der Waals surface area contributed by atoms with Crippen molar-refractivity contribution in [3.05, 3.63) is 11.7 Å². The van der Waals surface area contributed by atoms with Gasteiger partial charge in [0, 0.05) is 31.5 Å². The molecule has 0 spiro atoms. The third-order valence-electron chi connectivity index (χ3n) is 5.20. The highest BCUT2D eigenvalue weighted by Gasteiger charge is 2.40. The summed E-state index contributed by atoms with van der Waals surface area (Å²) in [5.74, 6) is 2.00. The first-order valence-electron chi connectivity index (χ1n) is 8.57. The summed E-state index contributed by atoms with van der Waals surface area (Å²) < 4.78 is 10.6. The van der Waals surface area contributed by atoms with Crippen molar-refractivity contribution in [2.75, 3.05) is 20.1 Å². The molecule has 3 aliphatic rings. The largest absolute Gasteiger partial charge is 0.461 e. The van der Waals surface area contributed by atoms with Crippen LogP contribution in [-0.2, 0) is 16.1 Å². The zero-order valence-electron chi connectivity index (χ0n) is 13.8. The van der Waals surface area contributed by atoms with Crippen molar-refractivity contribution in [1.29, 1.82) is 0 Å². The van der Waals surface area contributed by atoms with E-state index in [1.54, 1.807) is 0 Å². The van der Waals surface area contributed by atoms with Crippen molar-refractivity contribution in [1.82, 2.24) is 19.9 Å². The minimum Gasteiger partial charge on any atom is -0.461 e. The van der Waals surface area contributed by atoms with E-state index in [0.29, 0.717) is 18.5 Å². The highest BCUT2D eigenvalue weighted by atomic mass is 16.6. The molecule has 0 amide bonds. The fourth-order valence-corrected chi connectivity index (χ4v) is 3.62. The SMILES string of the molecule is C[C@@H]1C[C@H](N2CC[C@H](N(C)Cc3noc(C4CC4)n3)C2)C(=O)O1. The van der Waals surface area contributed by atoms with E-state index in [0.717, 1.165) is 37.6 Å². The van der Waals surface area contributed by atoms with E-state index in [1.807, 2.05) is 6.92 Å². The van der Waals surface area contributed by atoms with Gasteiger partial charge >= 0.3 is 5.97 Å². The Bertz CT molecular complexity index is 586. The third kappa shape index (κ3) is 3.12. The molecular weight excluding hydrogens is 296 g/mol. The second-order valence-corrected chi connectivity index (χ2v) is 7.17. The molecule has 1 aromatic heterocycles. The highest BCUT2D eigenvalue weighted by Crippen LogP contribution is 2.38. The van der Waals surface area contributed by atoms with Gasteiger partial charge in [-0.15, -0.1) is 0 Å². The number of likely N-dealkylation sites (N-methyl/N-ethyl adjacent to an activating group) is 1. The van der Waals surface area contributed by atoms with Crippen LogP contribution in [0.4, 0.5) is 0 Å². The van der Waals surface area contributed by atoms with E-state index >= 15 is 0 Å². The number of hydrogen-bond acceptors (Lipinski definition) is 7. The predicted molar refractivity (Wildman–Crippen MR) is 81.7 cm³/mol. The maximum absolute atomic E-state index is 11.9. The number of hydrogen-bond donors (Lipinski definition) is 0. The summed E-state index contributed by atoms with van der Waals surface area (Å²) in [5, 5.41) is 4.09. The van der Waals surface area contributed by atoms with Crippen LogP contribution in [0.25, 0.3) is 0 Å². The maximum atomic E-state index is 11.9. The van der Waals surface area contributed by atoms with Gasteiger partial charge in [0.25, 0.3) is 0 Å². The van der Waals surface area contributed by atoms with Crippen molar-refractivity contribution in [2.45, 2.75) is 63.3 Å². The minimum atomic E-state index is -0.0620. The summed E-state index contributed by atoms with van der Waals surface area (Å²) in [4.78, 5) is 20.9. The molecule has 0 unspecified atom stereocenters. The Labute approximate surface area is 136 Å². The first-order valence-corrected chi connectivity index (χ1v) is 8.57. The van der Waals surface area contributed by atoms with E-state index in [-0.39, 0.29) is 18.1 Å². The van der Waals surface area contributed by atoms with Gasteiger partial charge in [0.15, 0.2) is 5.82 Å². The lowest BCUT2D eigenvalue weighted by atomic mass is 10.1. The van der Waals surface area contributed by atoms with Crippen molar-refractivity contribution >= 4 is 5.97 Å².